The van der Waals surface area contributed by atoms with E-state index in [0.717, 1.165) is 21.5 Å². The SMILES string of the molecule is CNC(CC(Oc1cccc2ccccc12)c1ccoc1)OC(=O)C(O)C(O)C(=O)OC(CC(Oc1cccc2ccccc12)c1ccoc1)NC. The molecule has 0 radical (unpaired) electrons. The number of ether oxygens (including phenoxy) is 4. The molecule has 52 heavy (non-hydrogen) atoms. The first kappa shape index (κ1) is 36.1. The molecule has 0 fully saturated rings. The van der Waals surface area contributed by atoms with E-state index in [-0.39, 0.29) is 12.8 Å². The molecule has 2 heterocycles. The highest BCUT2D eigenvalue weighted by Gasteiger charge is 2.36. The summed E-state index contributed by atoms with van der Waals surface area (Å²) in [5, 5.41) is 31.0. The average Bonchev–Trinajstić information content (AvgIpc) is 3.92. The molecule has 0 saturated carbocycles. The van der Waals surface area contributed by atoms with Gasteiger partial charge in [-0.05, 0) is 49.1 Å². The predicted octanol–water partition coefficient (Wildman–Crippen LogP) is 5.80. The average molecular weight is 709 g/mol. The second-order valence-electron chi connectivity index (χ2n) is 12.1. The van der Waals surface area contributed by atoms with E-state index in [1.165, 1.54) is 25.1 Å². The van der Waals surface area contributed by atoms with Crippen LogP contribution in [0.2, 0.25) is 0 Å². The molecule has 12 heteroatoms. The van der Waals surface area contributed by atoms with Crippen LogP contribution in [0, 0.1) is 0 Å². The molecule has 0 saturated heterocycles. The number of benzene rings is 4. The van der Waals surface area contributed by atoms with Gasteiger partial charge >= 0.3 is 11.9 Å². The Morgan fingerprint density at radius 3 is 1.38 bits per heavy atom. The molecule has 6 unspecified atom stereocenters. The number of esters is 2. The zero-order valence-electron chi connectivity index (χ0n) is 28.6. The third kappa shape index (κ3) is 8.61. The molecule has 2 aromatic heterocycles. The topological polar surface area (TPSA) is 162 Å². The number of carbonyl (C=O) groups is 2. The van der Waals surface area contributed by atoms with Gasteiger partial charge in [0.1, 0.15) is 23.7 Å². The maximum atomic E-state index is 13.1. The Hall–Kier alpha value is -5.66. The van der Waals surface area contributed by atoms with Gasteiger partial charge in [0.2, 0.25) is 0 Å². The third-order valence-corrected chi connectivity index (χ3v) is 8.67. The van der Waals surface area contributed by atoms with Crippen molar-refractivity contribution in [2.45, 2.75) is 49.7 Å². The molecule has 12 nitrogen and oxygen atoms in total. The number of fused-ring (bicyclic) bond motifs is 2. The lowest BCUT2D eigenvalue weighted by atomic mass is 10.1. The molecular formula is C40H40N2O10. The van der Waals surface area contributed by atoms with Crippen molar-refractivity contribution in [1.82, 2.24) is 10.6 Å². The Bertz CT molecular complexity index is 1890. The monoisotopic (exact) mass is 708 g/mol. The van der Waals surface area contributed by atoms with Crippen molar-refractivity contribution in [3.05, 3.63) is 133 Å². The second-order valence-corrected chi connectivity index (χ2v) is 12.1. The summed E-state index contributed by atoms with van der Waals surface area (Å²) in [5.74, 6) is -1.26. The smallest absolute Gasteiger partial charge is 0.339 e. The Morgan fingerprint density at radius 1 is 0.596 bits per heavy atom. The van der Waals surface area contributed by atoms with Gasteiger partial charge in [-0.1, -0.05) is 72.8 Å². The van der Waals surface area contributed by atoms with Gasteiger partial charge in [0.15, 0.2) is 24.7 Å². The van der Waals surface area contributed by atoms with Gasteiger partial charge in [0, 0.05) is 34.7 Å². The second kappa shape index (κ2) is 17.0. The minimum absolute atomic E-state index is 0.0895. The summed E-state index contributed by atoms with van der Waals surface area (Å²) < 4.78 is 34.4. The molecule has 6 atom stereocenters. The Labute approximate surface area is 299 Å². The fraction of sp³-hybridized carbons (Fsp3) is 0.250. The van der Waals surface area contributed by atoms with Crippen molar-refractivity contribution < 1.29 is 47.6 Å². The zero-order valence-corrected chi connectivity index (χ0v) is 28.6. The van der Waals surface area contributed by atoms with Crippen LogP contribution in [0.5, 0.6) is 11.5 Å². The fourth-order valence-electron chi connectivity index (χ4n) is 5.84. The molecule has 6 aromatic rings. The minimum atomic E-state index is -2.25. The summed E-state index contributed by atoms with van der Waals surface area (Å²) >= 11 is 0. The molecule has 0 spiro atoms. The van der Waals surface area contributed by atoms with Crippen molar-refractivity contribution in [1.29, 1.82) is 0 Å². The van der Waals surface area contributed by atoms with Crippen molar-refractivity contribution in [3.8, 4) is 11.5 Å². The largest absolute Gasteiger partial charge is 0.485 e. The molecule has 4 N–H and O–H groups in total. The summed E-state index contributed by atoms with van der Waals surface area (Å²) in [6, 6.07) is 30.4. The third-order valence-electron chi connectivity index (χ3n) is 8.67. The first-order valence-electron chi connectivity index (χ1n) is 16.8. The molecule has 0 bridgehead atoms. The summed E-state index contributed by atoms with van der Waals surface area (Å²) in [6.07, 6.45) is -1.51. The van der Waals surface area contributed by atoms with Crippen LogP contribution in [0.25, 0.3) is 21.5 Å². The van der Waals surface area contributed by atoms with Gasteiger partial charge in [-0.2, -0.15) is 0 Å². The van der Waals surface area contributed by atoms with Crippen LogP contribution in [0.15, 0.2) is 131 Å². The fourth-order valence-corrected chi connectivity index (χ4v) is 5.84. The van der Waals surface area contributed by atoms with Gasteiger partial charge in [-0.15, -0.1) is 0 Å². The molecule has 4 aromatic carbocycles. The lowest BCUT2D eigenvalue weighted by Crippen LogP contribution is -2.46. The molecule has 270 valence electrons. The van der Waals surface area contributed by atoms with Crippen molar-refractivity contribution >= 4 is 33.5 Å². The standard InChI is InChI=1S/C40H40N2O10/c1-41-35(21-33(27-17-19-47-23-27)49-31-15-7-11-25-9-3-5-13-29(25)31)51-39(45)37(43)38(44)40(46)52-36(42-2)22-34(28-18-20-48-24-28)50-32-16-8-12-26-10-4-6-14-30(26)32/h3-20,23-24,33-38,41-44H,21-22H2,1-2H3. The van der Waals surface area contributed by atoms with Gasteiger partial charge < -0.3 is 38.0 Å². The van der Waals surface area contributed by atoms with E-state index in [9.17, 15) is 19.8 Å². The molecule has 0 amide bonds. The quantitative estimate of drug-likeness (QED) is 0.0667. The van der Waals surface area contributed by atoms with Gasteiger partial charge in [0.25, 0.3) is 0 Å². The maximum Gasteiger partial charge on any atom is 0.339 e. The van der Waals surface area contributed by atoms with Gasteiger partial charge in [-0.25, -0.2) is 9.59 Å². The van der Waals surface area contributed by atoms with Crippen LogP contribution in [-0.4, -0.2) is 60.9 Å². The molecule has 6 rings (SSSR count). The molecule has 0 aliphatic carbocycles. The normalized spacial score (nSPS) is 14.9. The van der Waals surface area contributed by atoms with Crippen LogP contribution in [0.4, 0.5) is 0 Å². The highest BCUT2D eigenvalue weighted by Crippen LogP contribution is 2.34. The highest BCUT2D eigenvalue weighted by molar-refractivity contribution is 5.89. The van der Waals surface area contributed by atoms with Gasteiger partial charge in [0.05, 0.1) is 25.1 Å². The first-order chi connectivity index (χ1) is 25.3. The Morgan fingerprint density at radius 2 is 1.00 bits per heavy atom. The van der Waals surface area contributed by atoms with Crippen molar-refractivity contribution in [3.63, 3.8) is 0 Å². The molecular weight excluding hydrogens is 668 g/mol. The highest BCUT2D eigenvalue weighted by atomic mass is 16.6. The Balaban J connectivity index is 1.09. The number of carbonyl (C=O) groups excluding carboxylic acids is 2. The van der Waals surface area contributed by atoms with Crippen LogP contribution in [-0.2, 0) is 19.1 Å². The number of hydrogen-bond acceptors (Lipinski definition) is 12. The van der Waals surface area contributed by atoms with E-state index in [0.29, 0.717) is 22.6 Å². The Kier molecular flexibility index (Phi) is 11.8. The van der Waals surface area contributed by atoms with Crippen LogP contribution < -0.4 is 20.1 Å². The molecule has 0 aliphatic heterocycles. The number of furan rings is 2. The number of hydrogen-bond donors (Lipinski definition) is 4. The first-order valence-corrected chi connectivity index (χ1v) is 16.8. The number of aliphatic hydroxyl groups excluding tert-OH is 2. The summed E-state index contributed by atoms with van der Waals surface area (Å²) in [6.45, 7) is 0. The predicted molar refractivity (Wildman–Crippen MR) is 191 cm³/mol. The van der Waals surface area contributed by atoms with Crippen molar-refractivity contribution in [2.24, 2.45) is 0 Å². The molecule has 0 aliphatic rings. The van der Waals surface area contributed by atoms with Crippen molar-refractivity contribution in [2.75, 3.05) is 14.1 Å². The van der Waals surface area contributed by atoms with E-state index in [1.807, 2.05) is 84.9 Å². The van der Waals surface area contributed by atoms with E-state index < -0.39 is 48.8 Å². The van der Waals surface area contributed by atoms with Gasteiger partial charge in [-0.3, -0.25) is 10.6 Å². The maximum absolute atomic E-state index is 13.1. The van der Waals surface area contributed by atoms with Crippen LogP contribution >= 0.6 is 0 Å². The lowest BCUT2D eigenvalue weighted by Gasteiger charge is -2.27. The van der Waals surface area contributed by atoms with E-state index in [2.05, 4.69) is 10.6 Å². The van der Waals surface area contributed by atoms with E-state index in [4.69, 9.17) is 27.8 Å². The lowest BCUT2D eigenvalue weighted by molar-refractivity contribution is -0.181. The zero-order chi connectivity index (χ0) is 36.5. The number of aliphatic hydroxyl groups is 2. The number of rotatable bonds is 17. The summed E-state index contributed by atoms with van der Waals surface area (Å²) in [7, 11) is 3.13. The summed E-state index contributed by atoms with van der Waals surface area (Å²) in [4.78, 5) is 26.1. The minimum Gasteiger partial charge on any atom is -0.485 e. The van der Waals surface area contributed by atoms with Crippen LogP contribution in [0.3, 0.4) is 0 Å². The van der Waals surface area contributed by atoms with Crippen LogP contribution in [0.1, 0.15) is 36.2 Å². The van der Waals surface area contributed by atoms with E-state index >= 15 is 0 Å². The summed E-state index contributed by atoms with van der Waals surface area (Å²) in [5.41, 5.74) is 1.37. The number of nitrogens with one attached hydrogen (secondary N) is 2. The van der Waals surface area contributed by atoms with E-state index in [1.54, 1.807) is 26.2 Å².